The molecule has 0 unspecified atom stereocenters. The fourth-order valence-electron chi connectivity index (χ4n) is 2.02. The molecule has 11 heteroatoms. The van der Waals surface area contributed by atoms with Crippen LogP contribution in [0.3, 0.4) is 0 Å². The van der Waals surface area contributed by atoms with Crippen LogP contribution in [0.2, 0.25) is 10.2 Å². The third-order valence-corrected chi connectivity index (χ3v) is 6.67. The minimum atomic E-state index is -3.67. The van der Waals surface area contributed by atoms with E-state index in [1.165, 1.54) is 6.07 Å². The van der Waals surface area contributed by atoms with Crippen LogP contribution >= 0.6 is 34.5 Å². The van der Waals surface area contributed by atoms with Gasteiger partial charge < -0.3 is 15.2 Å². The molecule has 138 valence electrons. The molecule has 0 radical (unpaired) electrons. The van der Waals surface area contributed by atoms with Crippen LogP contribution in [-0.4, -0.2) is 25.5 Å². The van der Waals surface area contributed by atoms with Gasteiger partial charge in [0, 0.05) is 24.2 Å². The van der Waals surface area contributed by atoms with Crippen LogP contribution < -0.4 is 15.8 Å². The normalized spacial score (nSPS) is 12.4. The highest BCUT2D eigenvalue weighted by atomic mass is 35.5. The zero-order chi connectivity index (χ0) is 18.6. The summed E-state index contributed by atoms with van der Waals surface area (Å²) in [6.07, 6.45) is 0. The first-order valence-corrected chi connectivity index (χ1v) is 10.5. The van der Waals surface area contributed by atoms with Gasteiger partial charge in [-0.3, -0.25) is 0 Å². The summed E-state index contributed by atoms with van der Waals surface area (Å²) in [5.41, 5.74) is 0.875. The lowest BCUT2D eigenvalue weighted by Crippen LogP contribution is -2.36. The van der Waals surface area contributed by atoms with Crippen molar-refractivity contribution in [2.75, 3.05) is 6.54 Å². The van der Waals surface area contributed by atoms with Gasteiger partial charge in [-0.2, -0.15) is 0 Å². The third-order valence-electron chi connectivity index (χ3n) is 3.31. The molecule has 4 N–H and O–H groups in total. The number of sulfonamides is 1. The van der Waals surface area contributed by atoms with Gasteiger partial charge in [-0.1, -0.05) is 23.2 Å². The highest BCUT2D eigenvalue weighted by Crippen LogP contribution is 2.25. The van der Waals surface area contributed by atoms with Crippen LogP contribution in [0.4, 0.5) is 0 Å². The summed E-state index contributed by atoms with van der Waals surface area (Å²) in [4.78, 5) is 5.32. The van der Waals surface area contributed by atoms with Crippen molar-refractivity contribution < 1.29 is 8.42 Å². The van der Waals surface area contributed by atoms with Gasteiger partial charge >= 0.3 is 0 Å². The smallest absolute Gasteiger partial charge is 0.247 e. The van der Waals surface area contributed by atoms with Crippen molar-refractivity contribution in [1.82, 2.24) is 15.2 Å². The van der Waals surface area contributed by atoms with E-state index >= 15 is 0 Å². The molecule has 2 aromatic heterocycles. The van der Waals surface area contributed by atoms with Gasteiger partial charge in [-0.25, -0.2) is 18.5 Å². The van der Waals surface area contributed by atoms with E-state index < -0.39 is 10.0 Å². The minimum absolute atomic E-state index is 0.138. The minimum Gasteiger partial charge on any atom is -0.357 e. The van der Waals surface area contributed by atoms with Crippen molar-refractivity contribution in [2.45, 2.75) is 24.2 Å². The van der Waals surface area contributed by atoms with Gasteiger partial charge in [-0.05, 0) is 25.1 Å². The maximum Gasteiger partial charge on any atom is 0.247 e. The Morgan fingerprint density at radius 1 is 1.36 bits per heavy atom. The van der Waals surface area contributed by atoms with Crippen molar-refractivity contribution in [2.24, 2.45) is 17.2 Å². The number of nitrogens with zero attached hydrogens (tertiary/aromatic N) is 2. The Morgan fingerprint density at radius 2 is 2.08 bits per heavy atom. The second-order valence-electron chi connectivity index (χ2n) is 5.15. The van der Waals surface area contributed by atoms with E-state index in [1.807, 2.05) is 14.0 Å². The summed E-state index contributed by atoms with van der Waals surface area (Å²) >= 11 is 13.2. The number of hydrogen-bond acceptors (Lipinski definition) is 4. The fourth-order valence-corrected chi connectivity index (χ4v) is 4.15. The van der Waals surface area contributed by atoms with Crippen molar-refractivity contribution in [3.63, 3.8) is 0 Å². The number of thiophene rings is 1. The average molecular weight is 424 g/mol. The van der Waals surface area contributed by atoms with E-state index in [0.29, 0.717) is 35.8 Å². The molecule has 25 heavy (non-hydrogen) atoms. The largest absolute Gasteiger partial charge is 0.357 e. The number of hydrogen-bond donors (Lipinski definition) is 3. The molecule has 0 saturated carbocycles. The predicted molar refractivity (Wildman–Crippen MR) is 103 cm³/mol. The van der Waals surface area contributed by atoms with Crippen molar-refractivity contribution in [1.29, 1.82) is 0 Å². The molecule has 0 bridgehead atoms. The first-order chi connectivity index (χ1) is 11.7. The Bertz CT molecular complexity index is 874. The first kappa shape index (κ1) is 20.1. The number of aliphatic imine (C=N–C) groups is 1. The highest BCUT2D eigenvalue weighted by Gasteiger charge is 2.12. The lowest BCUT2D eigenvalue weighted by Gasteiger charge is -2.10. The molecule has 0 fully saturated rings. The van der Waals surface area contributed by atoms with Crippen LogP contribution in [0, 0.1) is 0 Å². The monoisotopic (exact) mass is 423 g/mol. The lowest BCUT2D eigenvalue weighted by molar-refractivity contribution is 0.600. The SMILES string of the molecule is CCNC(=NCc1cc(Cl)c(Cl)n1C)NCc1ccc(S(N)(=O)=O)s1. The maximum absolute atomic E-state index is 11.3. The Morgan fingerprint density at radius 3 is 2.60 bits per heavy atom. The molecule has 0 aliphatic carbocycles. The number of halogens is 2. The summed E-state index contributed by atoms with van der Waals surface area (Å²) in [6, 6.07) is 4.99. The van der Waals surface area contributed by atoms with E-state index in [1.54, 1.807) is 16.7 Å². The molecule has 0 amide bonds. The van der Waals surface area contributed by atoms with Crippen LogP contribution in [0.25, 0.3) is 0 Å². The summed E-state index contributed by atoms with van der Waals surface area (Å²) in [5, 5.41) is 12.4. The Labute approximate surface area is 160 Å². The third kappa shape index (κ3) is 5.35. The van der Waals surface area contributed by atoms with E-state index in [2.05, 4.69) is 15.6 Å². The molecule has 7 nitrogen and oxygen atoms in total. The summed E-state index contributed by atoms with van der Waals surface area (Å²) < 4.78 is 24.5. The Balaban J connectivity index is 2.05. The summed E-state index contributed by atoms with van der Waals surface area (Å²) in [6.45, 7) is 3.47. The van der Waals surface area contributed by atoms with E-state index in [4.69, 9.17) is 28.3 Å². The van der Waals surface area contributed by atoms with Gasteiger partial charge in [0.05, 0.1) is 18.1 Å². The number of primary sulfonamides is 1. The highest BCUT2D eigenvalue weighted by molar-refractivity contribution is 7.91. The molecule has 2 heterocycles. The standard InChI is InChI=1S/C14H19Cl2N5O2S2/c1-3-18-14(19-7-9-6-11(15)13(16)21(9)2)20-8-10-4-5-12(24-10)25(17,22)23/h4-6H,3,7-8H2,1-2H3,(H2,17,22,23)(H2,18,19,20). The summed E-state index contributed by atoms with van der Waals surface area (Å²) in [7, 11) is -1.85. The Hall–Kier alpha value is -1.26. The second kappa shape index (κ2) is 8.41. The quantitative estimate of drug-likeness (QED) is 0.489. The van der Waals surface area contributed by atoms with E-state index in [9.17, 15) is 8.42 Å². The molecule has 0 aliphatic heterocycles. The molecule has 2 rings (SSSR count). The molecule has 0 aliphatic rings. The van der Waals surface area contributed by atoms with Crippen molar-refractivity contribution in [3.8, 4) is 0 Å². The number of aromatic nitrogens is 1. The first-order valence-electron chi connectivity index (χ1n) is 7.35. The van der Waals surface area contributed by atoms with Crippen molar-refractivity contribution in [3.05, 3.63) is 38.9 Å². The van der Waals surface area contributed by atoms with Gasteiger partial charge in [0.25, 0.3) is 0 Å². The summed E-state index contributed by atoms with van der Waals surface area (Å²) in [5.74, 6) is 0.599. The van der Waals surface area contributed by atoms with Crippen LogP contribution in [0.15, 0.2) is 27.4 Å². The lowest BCUT2D eigenvalue weighted by atomic mass is 10.4. The zero-order valence-corrected chi connectivity index (χ0v) is 16.9. The number of rotatable bonds is 6. The van der Waals surface area contributed by atoms with Gasteiger partial charge in [0.1, 0.15) is 9.36 Å². The molecule has 0 atom stereocenters. The predicted octanol–water partition coefficient (Wildman–Crippen LogP) is 2.30. The number of nitrogens with two attached hydrogens (primary N) is 1. The topological polar surface area (TPSA) is 102 Å². The van der Waals surface area contributed by atoms with Crippen LogP contribution in [0.5, 0.6) is 0 Å². The van der Waals surface area contributed by atoms with Gasteiger partial charge in [-0.15, -0.1) is 11.3 Å². The number of guanidine groups is 1. The Kier molecular flexibility index (Phi) is 6.75. The van der Waals surface area contributed by atoms with Crippen molar-refractivity contribution >= 4 is 50.5 Å². The molecule has 2 aromatic rings. The average Bonchev–Trinajstić information content (AvgIpc) is 3.11. The fraction of sp³-hybridized carbons (Fsp3) is 0.357. The molecular weight excluding hydrogens is 405 g/mol. The van der Waals surface area contributed by atoms with E-state index in [-0.39, 0.29) is 4.21 Å². The van der Waals surface area contributed by atoms with Crippen LogP contribution in [-0.2, 0) is 30.2 Å². The number of nitrogens with one attached hydrogen (secondary N) is 2. The van der Waals surface area contributed by atoms with Crippen LogP contribution in [0.1, 0.15) is 17.5 Å². The molecular formula is C14H19Cl2N5O2S2. The maximum atomic E-state index is 11.3. The van der Waals surface area contributed by atoms with E-state index in [0.717, 1.165) is 21.9 Å². The molecule has 0 aromatic carbocycles. The molecule has 0 spiro atoms. The zero-order valence-electron chi connectivity index (χ0n) is 13.7. The van der Waals surface area contributed by atoms with Gasteiger partial charge in [0.2, 0.25) is 10.0 Å². The second-order valence-corrected chi connectivity index (χ2v) is 8.87. The molecule has 0 saturated heterocycles. The van der Waals surface area contributed by atoms with Gasteiger partial charge in [0.15, 0.2) is 5.96 Å².